The fourth-order valence-electron chi connectivity index (χ4n) is 7.98. The zero-order valence-corrected chi connectivity index (χ0v) is 26.1. The Morgan fingerprint density at radius 3 is 2.04 bits per heavy atom. The Morgan fingerprint density at radius 1 is 0.562 bits per heavy atom. The number of benzene rings is 5. The van der Waals surface area contributed by atoms with Crippen molar-refractivity contribution < 1.29 is 4.58 Å². The number of rotatable bonds is 4. The van der Waals surface area contributed by atoms with Crippen LogP contribution in [0.2, 0.25) is 0 Å². The molecule has 0 saturated heterocycles. The molecule has 224 valence electrons. The molecule has 10 rings (SSSR count). The minimum atomic E-state index is -0.581. The minimum absolute atomic E-state index is 0.581. The summed E-state index contributed by atoms with van der Waals surface area (Å²) in [5, 5.41) is 2.39. The smallest absolute Gasteiger partial charge is 0.294 e. The molecular weight excluding hydrogens is 589 g/mol. The molecule has 2 aliphatic rings. The van der Waals surface area contributed by atoms with E-state index in [9.17, 15) is 0 Å². The van der Waals surface area contributed by atoms with Crippen LogP contribution in [0.4, 0.5) is 17.3 Å². The molecule has 6 nitrogen and oxygen atoms in total. The average Bonchev–Trinajstić information content (AvgIpc) is 3.78. The number of hydrogen-bond acceptors (Lipinski definition) is 3. The van der Waals surface area contributed by atoms with Gasteiger partial charge in [-0.1, -0.05) is 95.6 Å². The van der Waals surface area contributed by atoms with Gasteiger partial charge in [0.1, 0.15) is 12.9 Å². The van der Waals surface area contributed by atoms with Gasteiger partial charge in [-0.2, -0.15) is 4.98 Å². The van der Waals surface area contributed by atoms with Crippen LogP contribution >= 0.6 is 0 Å². The van der Waals surface area contributed by atoms with E-state index in [1.165, 1.54) is 44.2 Å². The zero-order valence-electron chi connectivity index (χ0n) is 26.1. The van der Waals surface area contributed by atoms with E-state index in [-0.39, 0.29) is 0 Å². The standard InChI is InChI=1S/C42H28N6/c1-46-27-47(41-40(46)44-23-24-45-41)30-12-10-11-28(25-30)42(35-16-5-2-13-31(35)32-14-3-6-17-36(32)42)29-20-21-38-34(26-29)33-15-4-7-18-37(33)48(38)39-19-8-9-22-43-39/h2-26H,1H3/q+2. The third-order valence-electron chi connectivity index (χ3n) is 9.91. The van der Waals surface area contributed by atoms with Crippen molar-refractivity contribution in [2.75, 3.05) is 7.05 Å². The van der Waals surface area contributed by atoms with Crippen molar-refractivity contribution in [1.82, 2.24) is 24.1 Å². The van der Waals surface area contributed by atoms with Gasteiger partial charge >= 0.3 is 17.6 Å². The van der Waals surface area contributed by atoms with E-state index < -0.39 is 5.41 Å². The first kappa shape index (κ1) is 26.7. The molecule has 48 heavy (non-hydrogen) atoms. The van der Waals surface area contributed by atoms with Crippen LogP contribution in [-0.4, -0.2) is 37.2 Å². The Labute approximate surface area is 276 Å². The molecular formula is C42H28N6+2. The highest BCUT2D eigenvalue weighted by molar-refractivity contribution is 6.09. The van der Waals surface area contributed by atoms with E-state index in [1.54, 1.807) is 12.4 Å². The highest BCUT2D eigenvalue weighted by Crippen LogP contribution is 2.57. The molecule has 0 radical (unpaired) electrons. The van der Waals surface area contributed by atoms with E-state index >= 15 is 0 Å². The van der Waals surface area contributed by atoms with Crippen LogP contribution < -0.4 is 4.58 Å². The molecule has 3 aromatic heterocycles. The number of hydrogen-bond donors (Lipinski definition) is 0. The van der Waals surface area contributed by atoms with Gasteiger partial charge in [0.05, 0.1) is 22.6 Å². The molecule has 5 aromatic carbocycles. The third kappa shape index (κ3) is 3.55. The average molecular weight is 617 g/mol. The van der Waals surface area contributed by atoms with Crippen LogP contribution in [-0.2, 0) is 5.41 Å². The summed E-state index contributed by atoms with van der Waals surface area (Å²) in [5.41, 5.74) is 10.1. The monoisotopic (exact) mass is 616 g/mol. The van der Waals surface area contributed by atoms with Crippen LogP contribution in [0.5, 0.6) is 0 Å². The molecule has 0 atom stereocenters. The summed E-state index contributed by atoms with van der Waals surface area (Å²) < 4.78 is 6.18. The lowest BCUT2D eigenvalue weighted by atomic mass is 9.67. The first-order valence-electron chi connectivity index (χ1n) is 16.1. The Morgan fingerprint density at radius 2 is 1.25 bits per heavy atom. The second-order valence-electron chi connectivity index (χ2n) is 12.4. The predicted molar refractivity (Wildman–Crippen MR) is 190 cm³/mol. The fraction of sp³-hybridized carbons (Fsp3) is 0.0476. The maximum atomic E-state index is 4.75. The zero-order chi connectivity index (χ0) is 31.8. The van der Waals surface area contributed by atoms with E-state index in [1.807, 2.05) is 34.5 Å². The van der Waals surface area contributed by atoms with Gasteiger partial charge in [-0.25, -0.2) is 4.98 Å². The number of aromatic nitrogens is 4. The molecule has 1 aliphatic heterocycles. The van der Waals surface area contributed by atoms with Crippen LogP contribution in [0.25, 0.3) is 38.8 Å². The highest BCUT2D eigenvalue weighted by Gasteiger charge is 2.47. The van der Waals surface area contributed by atoms with Crippen molar-refractivity contribution in [2.45, 2.75) is 5.41 Å². The lowest BCUT2D eigenvalue weighted by Crippen LogP contribution is -2.28. The predicted octanol–water partition coefficient (Wildman–Crippen LogP) is 8.63. The second kappa shape index (κ2) is 10.0. The Balaban J connectivity index is 1.29. The van der Waals surface area contributed by atoms with Gasteiger partial charge in [0.2, 0.25) is 0 Å². The van der Waals surface area contributed by atoms with Crippen LogP contribution in [0, 0.1) is 0 Å². The molecule has 0 spiro atoms. The fourth-order valence-corrected chi connectivity index (χ4v) is 7.98. The summed E-state index contributed by atoms with van der Waals surface area (Å²) in [6.07, 6.45) is 5.31. The van der Waals surface area contributed by atoms with Gasteiger partial charge < -0.3 is 0 Å². The van der Waals surface area contributed by atoms with Crippen molar-refractivity contribution in [2.24, 2.45) is 0 Å². The van der Waals surface area contributed by atoms with Gasteiger partial charge in [-0.3, -0.25) is 4.57 Å². The van der Waals surface area contributed by atoms with E-state index in [2.05, 4.69) is 142 Å². The number of para-hydroxylation sites is 1. The summed E-state index contributed by atoms with van der Waals surface area (Å²) in [4.78, 5) is 14.0. The lowest BCUT2D eigenvalue weighted by Gasteiger charge is -2.34. The van der Waals surface area contributed by atoms with Gasteiger partial charge in [-0.05, 0) is 75.8 Å². The van der Waals surface area contributed by atoms with E-state index in [4.69, 9.17) is 4.98 Å². The summed E-state index contributed by atoms with van der Waals surface area (Å²) in [7, 11) is 1.96. The van der Waals surface area contributed by atoms with Crippen LogP contribution in [0.15, 0.2) is 152 Å². The van der Waals surface area contributed by atoms with Gasteiger partial charge in [0.15, 0.2) is 11.9 Å². The van der Waals surface area contributed by atoms with E-state index in [0.717, 1.165) is 34.2 Å². The largest absolute Gasteiger partial charge is 0.474 e. The number of fused-ring (bicyclic) bond motifs is 7. The maximum Gasteiger partial charge on any atom is 0.474 e. The lowest BCUT2D eigenvalue weighted by molar-refractivity contribution is -0.398. The SMILES string of the molecule is C[N+]1=C=[N+](c2cccc(C3(c4ccc5c(c4)c4ccccc4n5-c4ccccn4)c4ccccc4-c4ccccc43)c2)c2nccnc21. The first-order chi connectivity index (χ1) is 23.7. The van der Waals surface area contributed by atoms with Crippen LogP contribution in [0.3, 0.4) is 0 Å². The highest BCUT2D eigenvalue weighted by atomic mass is 15.2. The van der Waals surface area contributed by atoms with Crippen molar-refractivity contribution in [3.63, 3.8) is 0 Å². The first-order valence-corrected chi connectivity index (χ1v) is 16.1. The summed E-state index contributed by atoms with van der Waals surface area (Å²) >= 11 is 0. The van der Waals surface area contributed by atoms with Crippen molar-refractivity contribution in [3.05, 3.63) is 174 Å². The Bertz CT molecular complexity index is 2630. The van der Waals surface area contributed by atoms with Crippen molar-refractivity contribution in [1.29, 1.82) is 0 Å². The minimum Gasteiger partial charge on any atom is -0.294 e. The quantitative estimate of drug-likeness (QED) is 0.186. The molecule has 0 N–H and O–H groups in total. The molecule has 0 unspecified atom stereocenters. The van der Waals surface area contributed by atoms with Crippen LogP contribution in [0.1, 0.15) is 22.3 Å². The van der Waals surface area contributed by atoms with E-state index in [0.29, 0.717) is 0 Å². The number of nitrogens with zero attached hydrogens (tertiary/aromatic N) is 6. The van der Waals surface area contributed by atoms with Gasteiger partial charge in [-0.15, -0.1) is 4.58 Å². The summed E-state index contributed by atoms with van der Waals surface area (Å²) in [6, 6.07) is 51.7. The Hall–Kier alpha value is -6.49. The number of pyridine rings is 1. The maximum absolute atomic E-state index is 4.75. The molecule has 6 heteroatoms. The molecule has 0 fully saturated rings. The van der Waals surface area contributed by atoms with Gasteiger partial charge in [0.25, 0.3) is 0 Å². The molecule has 4 heterocycles. The summed E-state index contributed by atoms with van der Waals surface area (Å²) in [6.45, 7) is 0. The molecule has 1 aliphatic carbocycles. The molecule has 0 bridgehead atoms. The van der Waals surface area contributed by atoms with Gasteiger partial charge in [0, 0.05) is 22.0 Å². The normalized spacial score (nSPS) is 14.0. The third-order valence-corrected chi connectivity index (χ3v) is 9.91. The van der Waals surface area contributed by atoms with Crippen molar-refractivity contribution in [3.8, 4) is 16.9 Å². The molecule has 0 amide bonds. The Kier molecular flexibility index (Phi) is 5.56. The molecule has 8 aromatic rings. The summed E-state index contributed by atoms with van der Waals surface area (Å²) in [5.74, 6) is 2.45. The second-order valence-corrected chi connectivity index (χ2v) is 12.4. The molecule has 0 saturated carbocycles. The van der Waals surface area contributed by atoms with Crippen molar-refractivity contribution >= 4 is 45.1 Å². The topological polar surface area (TPSA) is 49.6 Å².